The fourth-order valence-corrected chi connectivity index (χ4v) is 11.0. The largest absolute Gasteiger partial charge is 0.325 e. The summed E-state index contributed by atoms with van der Waals surface area (Å²) in [6.45, 7) is 13.1. The van der Waals surface area contributed by atoms with Crippen molar-refractivity contribution >= 4 is 68.8 Å². The molecule has 0 saturated heterocycles. The molecule has 0 radical (unpaired) electrons. The highest BCUT2D eigenvalue weighted by Gasteiger charge is 2.40. The lowest BCUT2D eigenvalue weighted by atomic mass is 9.73. The predicted molar refractivity (Wildman–Crippen MR) is 297 cm³/mol. The summed E-state index contributed by atoms with van der Waals surface area (Å²) in [6, 6.07) is 51.8. The molecule has 8 nitrogen and oxygen atoms in total. The predicted octanol–water partition coefficient (Wildman–Crippen LogP) is 15.5. The van der Waals surface area contributed by atoms with Crippen LogP contribution in [-0.4, -0.2) is 39.0 Å². The maximum Gasteiger partial charge on any atom is 0.235 e. The van der Waals surface area contributed by atoms with Crippen LogP contribution in [0, 0.1) is 18.3 Å². The van der Waals surface area contributed by atoms with Gasteiger partial charge in [0.2, 0.25) is 11.9 Å². The number of benzene rings is 6. The van der Waals surface area contributed by atoms with Gasteiger partial charge in [-0.25, -0.2) is 15.0 Å². The molecule has 3 aliphatic rings. The number of rotatable bonds is 10. The average molecular weight is 927 g/mol. The number of aromatic nitrogens is 3. The SMILES string of the molecule is CC=Nc1c(C)nc(N2c3ccccc3C(C)(C)c3cc4c5ccccc5n(C5=NC(C6C=C(c7ccccc7)C=CC6)C(C)=C(C(C)=CCCC=N)N5)c4cc32)nc1-c1cccc(-c2ccccc2)c1. The first-order valence-electron chi connectivity index (χ1n) is 24.8. The highest BCUT2D eigenvalue weighted by Crippen LogP contribution is 2.53. The van der Waals surface area contributed by atoms with Gasteiger partial charge in [-0.05, 0) is 128 Å². The number of nitrogens with zero attached hydrogens (tertiary/aromatic N) is 6. The minimum Gasteiger partial charge on any atom is -0.325 e. The van der Waals surface area contributed by atoms with Crippen LogP contribution in [0.2, 0.25) is 0 Å². The minimum absolute atomic E-state index is 0.133. The van der Waals surface area contributed by atoms with Gasteiger partial charge in [-0.1, -0.05) is 153 Å². The van der Waals surface area contributed by atoms with Gasteiger partial charge in [-0.2, -0.15) is 0 Å². The van der Waals surface area contributed by atoms with E-state index in [0.29, 0.717) is 12.4 Å². The first-order chi connectivity index (χ1) is 34.6. The normalized spacial score (nSPS) is 17.5. The molecule has 2 aromatic heterocycles. The van der Waals surface area contributed by atoms with Gasteiger partial charge in [0.1, 0.15) is 11.4 Å². The standard InChI is InChI=1S/C63H58N8/c1-7-65-59-42(4)66-61(69-60(59)48-30-21-28-46(37-48)44-25-12-9-13-26-44)71-54-34-17-15-32-51(54)63(5,6)52-38-50-49-31-14-16-33-53(49)70(55(50)39-56(52)71)62-67-57(40(2)22-18-19-35-64)41(3)58(68-62)47-29-20-27-45(36-47)43-23-10-8-11-24-43/h7-17,20-28,30-39,47,58,64H,18-19,29H2,1-6H3,(H,67,68). The molecule has 8 heteroatoms. The van der Waals surface area contributed by atoms with E-state index < -0.39 is 0 Å². The topological polar surface area (TPSA) is 94.5 Å². The molecule has 2 aliphatic heterocycles. The number of hydrogen-bond acceptors (Lipinski definition) is 7. The third kappa shape index (κ3) is 8.03. The van der Waals surface area contributed by atoms with Crippen molar-refractivity contribution in [2.75, 3.05) is 4.90 Å². The van der Waals surface area contributed by atoms with Crippen molar-refractivity contribution in [3.8, 4) is 22.4 Å². The Morgan fingerprint density at radius 2 is 1.46 bits per heavy atom. The van der Waals surface area contributed by atoms with Crippen molar-refractivity contribution in [3.05, 3.63) is 209 Å². The molecule has 4 heterocycles. The molecule has 8 aromatic rings. The van der Waals surface area contributed by atoms with Crippen molar-refractivity contribution in [2.24, 2.45) is 15.9 Å². The second-order valence-corrected chi connectivity index (χ2v) is 19.4. The number of aliphatic imine (C=N–C) groups is 2. The van der Waals surface area contributed by atoms with E-state index in [9.17, 15) is 0 Å². The van der Waals surface area contributed by atoms with Gasteiger partial charge < -0.3 is 10.7 Å². The molecule has 350 valence electrons. The smallest absolute Gasteiger partial charge is 0.235 e. The Hall–Kier alpha value is -8.23. The summed E-state index contributed by atoms with van der Waals surface area (Å²) in [4.78, 5) is 23.8. The van der Waals surface area contributed by atoms with Gasteiger partial charge in [0.15, 0.2) is 0 Å². The maximum absolute atomic E-state index is 7.76. The van der Waals surface area contributed by atoms with E-state index in [2.05, 4.69) is 206 Å². The highest BCUT2D eigenvalue weighted by atomic mass is 15.3. The Balaban J connectivity index is 1.13. The number of fused-ring (bicyclic) bond motifs is 5. The quantitative estimate of drug-likeness (QED) is 0.106. The van der Waals surface area contributed by atoms with E-state index in [-0.39, 0.29) is 17.4 Å². The molecular weight excluding hydrogens is 869 g/mol. The van der Waals surface area contributed by atoms with Gasteiger partial charge in [0.25, 0.3) is 0 Å². The van der Waals surface area contributed by atoms with E-state index in [4.69, 9.17) is 25.4 Å². The molecule has 0 bridgehead atoms. The van der Waals surface area contributed by atoms with Crippen molar-refractivity contribution in [1.82, 2.24) is 19.9 Å². The molecule has 2 atom stereocenters. The van der Waals surface area contributed by atoms with Crippen LogP contribution in [-0.2, 0) is 5.41 Å². The number of hydrogen-bond donors (Lipinski definition) is 2. The lowest BCUT2D eigenvalue weighted by Crippen LogP contribution is -2.39. The third-order valence-corrected chi connectivity index (χ3v) is 14.6. The summed E-state index contributed by atoms with van der Waals surface area (Å²) in [5, 5.41) is 14.0. The number of para-hydroxylation sites is 2. The van der Waals surface area contributed by atoms with Crippen molar-refractivity contribution < 1.29 is 0 Å². The molecule has 0 saturated carbocycles. The zero-order chi connectivity index (χ0) is 48.8. The number of unbranched alkanes of at least 4 members (excludes halogenated alkanes) is 1. The summed E-state index contributed by atoms with van der Waals surface area (Å²) in [6.07, 6.45) is 14.9. The lowest BCUT2D eigenvalue weighted by molar-refractivity contribution is 0.545. The highest BCUT2D eigenvalue weighted by molar-refractivity contribution is 6.16. The molecule has 71 heavy (non-hydrogen) atoms. The van der Waals surface area contributed by atoms with E-state index in [0.717, 1.165) is 97.0 Å². The van der Waals surface area contributed by atoms with Gasteiger partial charge in [-0.3, -0.25) is 14.5 Å². The summed E-state index contributed by atoms with van der Waals surface area (Å²) in [5.74, 6) is 1.49. The number of nitrogens with one attached hydrogen (secondary N) is 2. The van der Waals surface area contributed by atoms with Crippen LogP contribution in [0.5, 0.6) is 0 Å². The van der Waals surface area contributed by atoms with Crippen molar-refractivity contribution in [3.63, 3.8) is 0 Å². The summed E-state index contributed by atoms with van der Waals surface area (Å²) in [5.41, 5.74) is 17.5. The van der Waals surface area contributed by atoms with E-state index in [1.165, 1.54) is 34.1 Å². The monoisotopic (exact) mass is 926 g/mol. The second-order valence-electron chi connectivity index (χ2n) is 19.4. The molecule has 11 rings (SSSR count). The number of allylic oxidation sites excluding steroid dienone is 5. The number of aryl methyl sites for hydroxylation is 1. The maximum atomic E-state index is 7.76. The molecule has 0 fully saturated rings. The second kappa shape index (κ2) is 18.6. The van der Waals surface area contributed by atoms with Crippen LogP contribution < -0.4 is 10.2 Å². The van der Waals surface area contributed by atoms with E-state index in [1.54, 1.807) is 0 Å². The van der Waals surface area contributed by atoms with Crippen LogP contribution in [0.25, 0.3) is 49.8 Å². The van der Waals surface area contributed by atoms with Gasteiger partial charge in [-0.15, -0.1) is 0 Å². The minimum atomic E-state index is -0.372. The Morgan fingerprint density at radius 3 is 2.25 bits per heavy atom. The van der Waals surface area contributed by atoms with Crippen molar-refractivity contribution in [2.45, 2.75) is 72.3 Å². The van der Waals surface area contributed by atoms with Crippen LogP contribution in [0.15, 0.2) is 197 Å². The van der Waals surface area contributed by atoms with Crippen LogP contribution >= 0.6 is 0 Å². The average Bonchev–Trinajstić information content (AvgIpc) is 3.73. The zero-order valence-electron chi connectivity index (χ0n) is 41.3. The van der Waals surface area contributed by atoms with Crippen LogP contribution in [0.3, 0.4) is 0 Å². The van der Waals surface area contributed by atoms with E-state index >= 15 is 0 Å². The van der Waals surface area contributed by atoms with Gasteiger partial charge in [0, 0.05) is 39.6 Å². The first-order valence-corrected chi connectivity index (χ1v) is 24.8. The summed E-state index contributed by atoms with van der Waals surface area (Å²) >= 11 is 0. The molecule has 1 aliphatic carbocycles. The number of anilines is 3. The Morgan fingerprint density at radius 1 is 0.746 bits per heavy atom. The first kappa shape index (κ1) is 45.2. The van der Waals surface area contributed by atoms with Gasteiger partial charge in [0.05, 0.1) is 34.1 Å². The van der Waals surface area contributed by atoms with Gasteiger partial charge >= 0.3 is 0 Å². The third-order valence-electron chi connectivity index (χ3n) is 14.6. The fraction of sp³-hybridized carbons (Fsp3) is 0.190. The molecule has 2 N–H and O–H groups in total. The van der Waals surface area contributed by atoms with Crippen LogP contribution in [0.4, 0.5) is 23.0 Å². The molecular formula is C63H58N8. The molecule has 6 aromatic carbocycles. The van der Waals surface area contributed by atoms with E-state index in [1.807, 2.05) is 26.1 Å². The lowest BCUT2D eigenvalue weighted by Gasteiger charge is -2.41. The molecule has 0 amide bonds. The molecule has 2 unspecified atom stereocenters. The Kier molecular flexibility index (Phi) is 11.8. The Labute approximate surface area is 416 Å². The van der Waals surface area contributed by atoms with Crippen LogP contribution in [0.1, 0.15) is 76.3 Å². The fourth-order valence-electron chi connectivity index (χ4n) is 11.0. The summed E-state index contributed by atoms with van der Waals surface area (Å²) < 4.78 is 2.34. The zero-order valence-corrected chi connectivity index (χ0v) is 41.3. The Bertz CT molecular complexity index is 3590. The molecule has 0 spiro atoms. The summed E-state index contributed by atoms with van der Waals surface area (Å²) in [7, 11) is 0. The van der Waals surface area contributed by atoms with Crippen molar-refractivity contribution in [1.29, 1.82) is 5.41 Å².